The summed E-state index contributed by atoms with van der Waals surface area (Å²) in [6, 6.07) is 17.5. The third-order valence-corrected chi connectivity index (χ3v) is 7.94. The summed E-state index contributed by atoms with van der Waals surface area (Å²) in [4.78, 5) is 40.0. The lowest BCUT2D eigenvalue weighted by atomic mass is 10.0. The zero-order chi connectivity index (χ0) is 31.8. The Kier molecular flexibility index (Phi) is 7.48. The number of hydrogen-bond donors (Lipinski definition) is 1. The molecule has 1 fully saturated rings. The van der Waals surface area contributed by atoms with Crippen molar-refractivity contribution in [2.24, 2.45) is 0 Å². The molecule has 0 atom stereocenters. The maximum atomic E-state index is 13.8. The van der Waals surface area contributed by atoms with Gasteiger partial charge in [0.05, 0.1) is 23.9 Å². The van der Waals surface area contributed by atoms with Crippen molar-refractivity contribution in [3.05, 3.63) is 120 Å². The van der Waals surface area contributed by atoms with E-state index in [-0.39, 0.29) is 29.1 Å². The van der Waals surface area contributed by atoms with Crippen molar-refractivity contribution in [1.82, 2.24) is 34.0 Å². The molecule has 13 heteroatoms. The highest BCUT2D eigenvalue weighted by molar-refractivity contribution is 6.03. The van der Waals surface area contributed by atoms with Crippen LogP contribution in [0.3, 0.4) is 0 Å². The lowest BCUT2D eigenvalue weighted by Crippen LogP contribution is -2.39. The molecule has 1 N–H and O–H groups in total. The van der Waals surface area contributed by atoms with E-state index in [2.05, 4.69) is 15.3 Å². The zero-order valence-electron chi connectivity index (χ0n) is 24.1. The van der Waals surface area contributed by atoms with Crippen molar-refractivity contribution in [2.45, 2.75) is 18.9 Å². The molecule has 46 heavy (non-hydrogen) atoms. The number of nitrogens with zero attached hydrogens (tertiary/aromatic N) is 7. The molecule has 0 aliphatic carbocycles. The lowest BCUT2D eigenvalue weighted by Gasteiger charge is -2.33. The molecule has 4 aromatic heterocycles. The Labute approximate surface area is 260 Å². The van der Waals surface area contributed by atoms with E-state index in [0.717, 1.165) is 6.07 Å². The molecule has 0 bridgehead atoms. The number of piperidine rings is 1. The van der Waals surface area contributed by atoms with Crippen molar-refractivity contribution in [1.29, 1.82) is 0 Å². The number of rotatable bonds is 6. The van der Waals surface area contributed by atoms with Gasteiger partial charge in [-0.1, -0.05) is 0 Å². The van der Waals surface area contributed by atoms with Gasteiger partial charge in [-0.3, -0.25) is 9.59 Å². The predicted octanol–water partition coefficient (Wildman–Crippen LogP) is 5.80. The van der Waals surface area contributed by atoms with Crippen LogP contribution in [0.15, 0.2) is 91.5 Å². The molecule has 0 saturated carbocycles. The van der Waals surface area contributed by atoms with Crippen molar-refractivity contribution >= 4 is 23.3 Å². The van der Waals surface area contributed by atoms with Crippen molar-refractivity contribution in [3.8, 4) is 22.6 Å². The maximum absolute atomic E-state index is 13.8. The molecule has 1 aliphatic rings. The SMILES string of the molecule is O=C(Nc1cn2nc(-c3c(-c4ccc(F)cc4)ncn3C3CCN(C(=O)c4ccc(F)cc4)CC3)ccc2n1)c1ccnc(F)c1. The first-order valence-electron chi connectivity index (χ1n) is 14.5. The molecule has 5 heterocycles. The third kappa shape index (κ3) is 5.70. The number of benzene rings is 2. The Morgan fingerprint density at radius 2 is 1.54 bits per heavy atom. The Morgan fingerprint density at radius 1 is 0.826 bits per heavy atom. The van der Waals surface area contributed by atoms with E-state index in [0.29, 0.717) is 59.8 Å². The van der Waals surface area contributed by atoms with Gasteiger partial charge in [-0.05, 0) is 79.6 Å². The van der Waals surface area contributed by atoms with E-state index in [1.54, 1.807) is 41.7 Å². The van der Waals surface area contributed by atoms with Crippen LogP contribution in [0.2, 0.25) is 0 Å². The topological polar surface area (TPSA) is 110 Å². The normalized spacial score (nSPS) is 13.7. The van der Waals surface area contributed by atoms with Crippen LogP contribution < -0.4 is 5.32 Å². The number of hydrogen-bond acceptors (Lipinski definition) is 6. The first kappa shape index (κ1) is 28.9. The largest absolute Gasteiger partial charge is 0.338 e. The van der Waals surface area contributed by atoms with Gasteiger partial charge in [-0.2, -0.15) is 9.49 Å². The Hall–Kier alpha value is -5.85. The number of carbonyl (C=O) groups is 2. The van der Waals surface area contributed by atoms with Gasteiger partial charge in [-0.25, -0.2) is 28.2 Å². The summed E-state index contributed by atoms with van der Waals surface area (Å²) in [6.07, 6.45) is 5.76. The summed E-state index contributed by atoms with van der Waals surface area (Å²) in [6.45, 7) is 0.978. The van der Waals surface area contributed by atoms with Crippen LogP contribution in [0.1, 0.15) is 39.6 Å². The van der Waals surface area contributed by atoms with E-state index in [1.165, 1.54) is 53.2 Å². The van der Waals surface area contributed by atoms with Gasteiger partial charge in [0.2, 0.25) is 5.95 Å². The second-order valence-electron chi connectivity index (χ2n) is 10.9. The van der Waals surface area contributed by atoms with Crippen molar-refractivity contribution < 1.29 is 22.8 Å². The standard InChI is InChI=1S/C33H25F3N8O2/c34-23-5-1-20(2-6-23)30-31(43(19-38-30)25-12-15-42(16-13-25)33(46)21-3-7-24(35)8-4-21)26-9-10-29-39-28(18-44(29)41-26)40-32(45)22-11-14-37-27(36)17-22/h1-11,14,17-19,25H,12-13,15-16H2,(H,40,45). The second-order valence-corrected chi connectivity index (χ2v) is 10.9. The quantitative estimate of drug-likeness (QED) is 0.235. The number of fused-ring (bicyclic) bond motifs is 1. The number of halogens is 3. The zero-order valence-corrected chi connectivity index (χ0v) is 24.1. The minimum Gasteiger partial charge on any atom is -0.338 e. The highest BCUT2D eigenvalue weighted by atomic mass is 19.1. The number of aromatic nitrogens is 6. The molecule has 0 radical (unpaired) electrons. The first-order valence-corrected chi connectivity index (χ1v) is 14.5. The Balaban J connectivity index is 1.19. The molecular weight excluding hydrogens is 597 g/mol. The summed E-state index contributed by atoms with van der Waals surface area (Å²) in [5.41, 5.74) is 3.54. The number of nitrogens with one attached hydrogen (secondary N) is 1. The van der Waals surface area contributed by atoms with Gasteiger partial charge >= 0.3 is 0 Å². The molecule has 6 aromatic rings. The highest BCUT2D eigenvalue weighted by Gasteiger charge is 2.28. The van der Waals surface area contributed by atoms with Crippen LogP contribution in [0, 0.1) is 17.6 Å². The van der Waals surface area contributed by atoms with Crippen molar-refractivity contribution in [2.75, 3.05) is 18.4 Å². The molecule has 1 saturated heterocycles. The summed E-state index contributed by atoms with van der Waals surface area (Å²) in [7, 11) is 0. The summed E-state index contributed by atoms with van der Waals surface area (Å²) >= 11 is 0. The molecular formula is C33H25F3N8O2. The fraction of sp³-hybridized carbons (Fsp3) is 0.152. The molecule has 0 unspecified atom stereocenters. The predicted molar refractivity (Wildman–Crippen MR) is 162 cm³/mol. The minimum atomic E-state index is -0.771. The van der Waals surface area contributed by atoms with E-state index in [9.17, 15) is 22.8 Å². The number of likely N-dealkylation sites (tertiary alicyclic amines) is 1. The number of carbonyl (C=O) groups excluding carboxylic acids is 2. The van der Waals surface area contributed by atoms with Crippen LogP contribution in [0.5, 0.6) is 0 Å². The molecule has 0 spiro atoms. The van der Waals surface area contributed by atoms with Gasteiger partial charge in [0.1, 0.15) is 17.3 Å². The second kappa shape index (κ2) is 11.9. The number of pyridine rings is 1. The average molecular weight is 623 g/mol. The van der Waals surface area contributed by atoms with Crippen LogP contribution >= 0.6 is 0 Å². The fourth-order valence-corrected chi connectivity index (χ4v) is 5.63. The number of amides is 2. The molecule has 230 valence electrons. The van der Waals surface area contributed by atoms with Gasteiger partial charge in [0, 0.05) is 48.1 Å². The van der Waals surface area contributed by atoms with Gasteiger partial charge in [0.25, 0.3) is 11.8 Å². The van der Waals surface area contributed by atoms with Crippen LogP contribution in [-0.4, -0.2) is 58.9 Å². The molecule has 1 aliphatic heterocycles. The van der Waals surface area contributed by atoms with Crippen LogP contribution in [0.4, 0.5) is 19.0 Å². The molecule has 10 nitrogen and oxygen atoms in total. The van der Waals surface area contributed by atoms with Gasteiger partial charge < -0.3 is 14.8 Å². The maximum Gasteiger partial charge on any atom is 0.257 e. The van der Waals surface area contributed by atoms with Gasteiger partial charge in [0.15, 0.2) is 11.5 Å². The monoisotopic (exact) mass is 622 g/mol. The van der Waals surface area contributed by atoms with E-state index >= 15 is 0 Å². The third-order valence-electron chi connectivity index (χ3n) is 7.94. The summed E-state index contributed by atoms with van der Waals surface area (Å²) in [5, 5.41) is 7.44. The Morgan fingerprint density at radius 3 is 2.26 bits per heavy atom. The Bertz CT molecular complexity index is 2070. The van der Waals surface area contributed by atoms with Crippen molar-refractivity contribution in [3.63, 3.8) is 0 Å². The van der Waals surface area contributed by atoms with E-state index in [1.807, 2.05) is 4.57 Å². The highest BCUT2D eigenvalue weighted by Crippen LogP contribution is 2.35. The van der Waals surface area contributed by atoms with Crippen LogP contribution in [0.25, 0.3) is 28.3 Å². The number of anilines is 1. The van der Waals surface area contributed by atoms with Crippen LogP contribution in [-0.2, 0) is 0 Å². The fourth-order valence-electron chi connectivity index (χ4n) is 5.63. The summed E-state index contributed by atoms with van der Waals surface area (Å²) < 4.78 is 44.3. The molecule has 2 aromatic carbocycles. The lowest BCUT2D eigenvalue weighted by molar-refractivity contribution is 0.0695. The first-order chi connectivity index (χ1) is 22.3. The minimum absolute atomic E-state index is 0.0233. The molecule has 7 rings (SSSR count). The van der Waals surface area contributed by atoms with E-state index in [4.69, 9.17) is 10.1 Å². The number of imidazole rings is 2. The smallest absolute Gasteiger partial charge is 0.257 e. The van der Waals surface area contributed by atoms with E-state index < -0.39 is 17.7 Å². The average Bonchev–Trinajstić information content (AvgIpc) is 3.69. The van der Waals surface area contributed by atoms with Gasteiger partial charge in [-0.15, -0.1) is 0 Å². The summed E-state index contributed by atoms with van der Waals surface area (Å²) in [5.74, 6) is -2.02. The molecule has 2 amide bonds.